The number of likely N-dealkylation sites (tertiary alicyclic amines) is 1. The molecule has 0 aliphatic carbocycles. The largest absolute Gasteiger partial charge is 0.508 e. The Labute approximate surface area is 137 Å². The van der Waals surface area contributed by atoms with Crippen LogP contribution >= 0.6 is 0 Å². The third kappa shape index (κ3) is 3.55. The Morgan fingerprint density at radius 2 is 1.57 bits per heavy atom. The van der Waals surface area contributed by atoms with Crippen LogP contribution in [0.25, 0.3) is 0 Å². The first-order chi connectivity index (χ1) is 11.0. The van der Waals surface area contributed by atoms with Crippen LogP contribution in [-0.2, 0) is 0 Å². The zero-order chi connectivity index (χ0) is 16.4. The minimum atomic E-state index is 0.140. The molecule has 1 N–H and O–H groups in total. The summed E-state index contributed by atoms with van der Waals surface area (Å²) in [6.07, 6.45) is 1.95. The molecule has 3 rings (SSSR count). The number of hydrogen-bond acceptors (Lipinski definition) is 2. The third-order valence-corrected chi connectivity index (χ3v) is 4.62. The molecule has 1 amide bonds. The van der Waals surface area contributed by atoms with Crippen LogP contribution in [0.15, 0.2) is 42.5 Å². The lowest BCUT2D eigenvalue weighted by atomic mass is 9.89. The van der Waals surface area contributed by atoms with E-state index < -0.39 is 0 Å². The van der Waals surface area contributed by atoms with Crippen LogP contribution < -0.4 is 0 Å². The van der Waals surface area contributed by atoms with Crippen LogP contribution in [0, 0.1) is 13.8 Å². The van der Waals surface area contributed by atoms with Gasteiger partial charge in [0.05, 0.1) is 0 Å². The number of hydrogen-bond donors (Lipinski definition) is 1. The zero-order valence-corrected chi connectivity index (χ0v) is 13.7. The highest BCUT2D eigenvalue weighted by Gasteiger charge is 2.24. The Morgan fingerprint density at radius 1 is 1.00 bits per heavy atom. The van der Waals surface area contributed by atoms with Crippen molar-refractivity contribution in [3.63, 3.8) is 0 Å². The van der Waals surface area contributed by atoms with Crippen molar-refractivity contribution in [3.8, 4) is 5.75 Å². The molecular weight excluding hydrogens is 286 g/mol. The van der Waals surface area contributed by atoms with Gasteiger partial charge in [-0.15, -0.1) is 0 Å². The maximum atomic E-state index is 12.7. The molecule has 1 fully saturated rings. The molecule has 3 heteroatoms. The highest BCUT2D eigenvalue weighted by molar-refractivity contribution is 5.94. The minimum absolute atomic E-state index is 0.140. The molecular formula is C20H23NO2. The number of benzene rings is 2. The monoisotopic (exact) mass is 309 g/mol. The van der Waals surface area contributed by atoms with Crippen molar-refractivity contribution >= 4 is 5.91 Å². The van der Waals surface area contributed by atoms with E-state index in [1.165, 1.54) is 5.56 Å². The minimum Gasteiger partial charge on any atom is -0.508 e. The van der Waals surface area contributed by atoms with E-state index in [9.17, 15) is 9.90 Å². The number of nitrogens with zero attached hydrogens (tertiary/aromatic N) is 1. The van der Waals surface area contributed by atoms with Gasteiger partial charge in [0.25, 0.3) is 5.91 Å². The fraction of sp³-hybridized carbons (Fsp3) is 0.350. The second kappa shape index (κ2) is 6.45. The number of phenols is 1. The lowest BCUT2D eigenvalue weighted by Crippen LogP contribution is -2.38. The van der Waals surface area contributed by atoms with E-state index in [0.29, 0.717) is 11.7 Å². The van der Waals surface area contributed by atoms with E-state index in [0.717, 1.165) is 42.6 Å². The van der Waals surface area contributed by atoms with Crippen LogP contribution in [0.5, 0.6) is 5.75 Å². The van der Waals surface area contributed by atoms with Crippen molar-refractivity contribution in [1.82, 2.24) is 4.90 Å². The Bertz CT molecular complexity index is 678. The SMILES string of the molecule is Cc1cc(C)cc(C(=O)N2CCC(c3ccc(O)cc3)CC2)c1. The van der Waals surface area contributed by atoms with Crippen molar-refractivity contribution in [2.45, 2.75) is 32.6 Å². The number of piperidine rings is 1. The summed E-state index contributed by atoms with van der Waals surface area (Å²) < 4.78 is 0. The summed E-state index contributed by atoms with van der Waals surface area (Å²) in [6, 6.07) is 13.5. The van der Waals surface area contributed by atoms with Gasteiger partial charge >= 0.3 is 0 Å². The topological polar surface area (TPSA) is 40.5 Å². The van der Waals surface area contributed by atoms with E-state index >= 15 is 0 Å². The normalized spacial score (nSPS) is 15.7. The van der Waals surface area contributed by atoms with Gasteiger partial charge in [-0.25, -0.2) is 0 Å². The van der Waals surface area contributed by atoms with Gasteiger partial charge in [-0.2, -0.15) is 0 Å². The molecule has 1 heterocycles. The Hall–Kier alpha value is -2.29. The quantitative estimate of drug-likeness (QED) is 0.910. The highest BCUT2D eigenvalue weighted by Crippen LogP contribution is 2.29. The van der Waals surface area contributed by atoms with Crippen molar-refractivity contribution in [2.24, 2.45) is 0 Å². The first-order valence-electron chi connectivity index (χ1n) is 8.19. The Morgan fingerprint density at radius 3 is 2.13 bits per heavy atom. The van der Waals surface area contributed by atoms with Crippen LogP contribution in [0.2, 0.25) is 0 Å². The molecule has 1 aliphatic rings. The van der Waals surface area contributed by atoms with Crippen molar-refractivity contribution < 1.29 is 9.90 Å². The van der Waals surface area contributed by atoms with Gasteiger partial charge in [0.2, 0.25) is 0 Å². The Balaban J connectivity index is 1.66. The Kier molecular flexibility index (Phi) is 4.37. The van der Waals surface area contributed by atoms with Gasteiger partial charge in [0.1, 0.15) is 5.75 Å². The second-order valence-corrected chi connectivity index (χ2v) is 6.53. The van der Waals surface area contributed by atoms with Crippen molar-refractivity contribution in [2.75, 3.05) is 13.1 Å². The summed E-state index contributed by atoms with van der Waals surface area (Å²) in [5.74, 6) is 0.913. The first kappa shape index (κ1) is 15.6. The molecule has 3 nitrogen and oxygen atoms in total. The van der Waals surface area contributed by atoms with E-state index in [1.54, 1.807) is 12.1 Å². The van der Waals surface area contributed by atoms with Gasteiger partial charge in [-0.05, 0) is 62.4 Å². The number of rotatable bonds is 2. The average molecular weight is 309 g/mol. The van der Waals surface area contributed by atoms with Crippen LogP contribution in [0.3, 0.4) is 0 Å². The first-order valence-corrected chi connectivity index (χ1v) is 8.19. The molecule has 0 radical (unpaired) electrons. The number of aromatic hydroxyl groups is 1. The van der Waals surface area contributed by atoms with Gasteiger partial charge in [0.15, 0.2) is 0 Å². The summed E-state index contributed by atoms with van der Waals surface area (Å²) in [7, 11) is 0. The maximum Gasteiger partial charge on any atom is 0.253 e. The van der Waals surface area contributed by atoms with E-state index in [2.05, 4.69) is 6.07 Å². The smallest absolute Gasteiger partial charge is 0.253 e. The number of phenolic OH excluding ortho intramolecular Hbond substituents is 1. The number of amides is 1. The average Bonchev–Trinajstić information content (AvgIpc) is 2.54. The lowest BCUT2D eigenvalue weighted by molar-refractivity contribution is 0.0713. The predicted molar refractivity (Wildman–Crippen MR) is 91.9 cm³/mol. The summed E-state index contributed by atoms with van der Waals surface area (Å²) in [5, 5.41) is 9.39. The fourth-order valence-electron chi connectivity index (χ4n) is 3.44. The van der Waals surface area contributed by atoms with Crippen molar-refractivity contribution in [1.29, 1.82) is 0 Å². The zero-order valence-electron chi connectivity index (χ0n) is 13.7. The highest BCUT2D eigenvalue weighted by atomic mass is 16.3. The van der Waals surface area contributed by atoms with Crippen LogP contribution in [-0.4, -0.2) is 29.0 Å². The van der Waals surface area contributed by atoms with E-state index in [1.807, 2.05) is 43.0 Å². The molecule has 1 saturated heterocycles. The van der Waals surface area contributed by atoms with E-state index in [4.69, 9.17) is 0 Å². The third-order valence-electron chi connectivity index (χ3n) is 4.62. The maximum absolute atomic E-state index is 12.7. The summed E-state index contributed by atoms with van der Waals surface area (Å²) in [6.45, 7) is 5.64. The molecule has 0 saturated carbocycles. The number of carbonyl (C=O) groups excluding carboxylic acids is 1. The molecule has 23 heavy (non-hydrogen) atoms. The van der Waals surface area contributed by atoms with Crippen molar-refractivity contribution in [3.05, 3.63) is 64.7 Å². The summed E-state index contributed by atoms with van der Waals surface area (Å²) in [4.78, 5) is 14.6. The predicted octanol–water partition coefficient (Wildman–Crippen LogP) is 4.03. The molecule has 2 aromatic rings. The number of aryl methyl sites for hydroxylation is 2. The molecule has 120 valence electrons. The molecule has 0 spiro atoms. The van der Waals surface area contributed by atoms with Gasteiger partial charge in [-0.3, -0.25) is 4.79 Å². The molecule has 0 atom stereocenters. The summed E-state index contributed by atoms with van der Waals surface area (Å²) in [5.41, 5.74) is 4.31. The molecule has 0 bridgehead atoms. The second-order valence-electron chi connectivity index (χ2n) is 6.53. The molecule has 0 unspecified atom stereocenters. The molecule has 0 aromatic heterocycles. The standard InChI is InChI=1S/C20H23NO2/c1-14-11-15(2)13-18(12-14)20(23)21-9-7-17(8-10-21)16-3-5-19(22)6-4-16/h3-6,11-13,17,22H,7-10H2,1-2H3. The lowest BCUT2D eigenvalue weighted by Gasteiger charge is -2.32. The fourth-order valence-corrected chi connectivity index (χ4v) is 3.44. The number of carbonyl (C=O) groups is 1. The molecule has 2 aromatic carbocycles. The van der Waals surface area contributed by atoms with Gasteiger partial charge < -0.3 is 10.0 Å². The van der Waals surface area contributed by atoms with E-state index in [-0.39, 0.29) is 5.91 Å². The van der Waals surface area contributed by atoms with Crippen LogP contribution in [0.4, 0.5) is 0 Å². The van der Waals surface area contributed by atoms with Crippen LogP contribution in [0.1, 0.15) is 45.8 Å². The molecule has 1 aliphatic heterocycles. The van der Waals surface area contributed by atoms with Gasteiger partial charge in [0, 0.05) is 18.7 Å². The summed E-state index contributed by atoms with van der Waals surface area (Å²) >= 11 is 0. The van der Waals surface area contributed by atoms with Gasteiger partial charge in [-0.1, -0.05) is 29.3 Å².